The molecule has 2 nitrogen and oxygen atoms in total. The summed E-state index contributed by atoms with van der Waals surface area (Å²) in [5, 5.41) is 0. The zero-order valence-corrected chi connectivity index (χ0v) is 14.3. The number of halogens is 2. The van der Waals surface area contributed by atoms with Crippen LogP contribution in [-0.2, 0) is 24.1 Å². The van der Waals surface area contributed by atoms with Crippen molar-refractivity contribution in [3.8, 4) is 0 Å². The van der Waals surface area contributed by atoms with Gasteiger partial charge in [-0.05, 0) is 0 Å². The van der Waals surface area contributed by atoms with Gasteiger partial charge in [-0.2, -0.15) is 0 Å². The average Bonchev–Trinajstić information content (AvgIpc) is 2.04. The van der Waals surface area contributed by atoms with Crippen LogP contribution in [0.25, 0.3) is 0 Å². The predicted octanol–water partition coefficient (Wildman–Crippen LogP) is 1.82. The van der Waals surface area contributed by atoms with E-state index in [4.69, 9.17) is 16.5 Å². The number of rotatable bonds is 2. The van der Waals surface area contributed by atoms with Gasteiger partial charge in [0.05, 0.1) is 0 Å². The number of nitrogens with one attached hydrogen (secondary N) is 1. The van der Waals surface area contributed by atoms with Crippen molar-refractivity contribution in [2.75, 3.05) is 0 Å². The molecule has 1 N–H and O–H groups in total. The van der Waals surface area contributed by atoms with Crippen molar-refractivity contribution >= 4 is 25.5 Å². The summed E-state index contributed by atoms with van der Waals surface area (Å²) < 4.78 is 3.55. The van der Waals surface area contributed by atoms with Crippen LogP contribution in [0.15, 0.2) is 30.3 Å². The monoisotopic (exact) mass is 407 g/mol. The van der Waals surface area contributed by atoms with Crippen LogP contribution < -0.4 is 6.15 Å². The van der Waals surface area contributed by atoms with Crippen molar-refractivity contribution in [1.29, 1.82) is 0 Å². The number of hydrogen-bond acceptors (Lipinski definition) is 1. The first-order valence-corrected chi connectivity index (χ1v) is 23.1. The molecule has 0 aliphatic heterocycles. The van der Waals surface area contributed by atoms with Crippen LogP contribution in [0, 0.1) is 0 Å². The summed E-state index contributed by atoms with van der Waals surface area (Å²) in [6, 6.07) is 9.31. The fourth-order valence-electron chi connectivity index (χ4n) is 1.19. The van der Waals surface area contributed by atoms with E-state index in [1.54, 1.807) is 0 Å². The fourth-order valence-corrected chi connectivity index (χ4v) is 14.2. The molecule has 0 spiro atoms. The number of carbonyl (C=O) groups is 1. The molecule has 0 bridgehead atoms. The van der Waals surface area contributed by atoms with E-state index in [2.05, 4.69) is 3.08 Å². The van der Waals surface area contributed by atoms with Gasteiger partial charge in [0.1, 0.15) is 0 Å². The third-order valence-electron chi connectivity index (χ3n) is 1.83. The number of amides is 1. The van der Waals surface area contributed by atoms with Gasteiger partial charge >= 0.3 is 89.9 Å². The molecule has 1 aromatic carbocycles. The Morgan fingerprint density at radius 3 is 2.31 bits per heavy atom. The van der Waals surface area contributed by atoms with Crippen molar-refractivity contribution in [3.05, 3.63) is 30.3 Å². The topological polar surface area (TPSA) is 29.1 Å². The molecular formula is C8H9Cl2HgNO. The second kappa shape index (κ2) is 4.62. The quantitative estimate of drug-likeness (QED) is 0.746. The van der Waals surface area contributed by atoms with Crippen molar-refractivity contribution in [2.45, 2.75) is 6.92 Å². The molecule has 1 amide bonds. The van der Waals surface area contributed by atoms with E-state index in [1.165, 1.54) is 6.92 Å². The van der Waals surface area contributed by atoms with Gasteiger partial charge in [0.25, 0.3) is 0 Å². The molecule has 0 fully saturated rings. The van der Waals surface area contributed by atoms with E-state index < -0.39 is 19.3 Å². The minimum atomic E-state index is -3.82. The van der Waals surface area contributed by atoms with Gasteiger partial charge in [-0.1, -0.05) is 0 Å². The Kier molecular flexibility index (Phi) is 4.01. The van der Waals surface area contributed by atoms with Crippen LogP contribution >= 0.6 is 16.5 Å². The van der Waals surface area contributed by atoms with Gasteiger partial charge in [-0.25, -0.2) is 0 Å². The van der Waals surface area contributed by atoms with E-state index in [0.717, 1.165) is 3.07 Å². The average molecular weight is 407 g/mol. The van der Waals surface area contributed by atoms with Crippen molar-refractivity contribution in [1.82, 2.24) is 3.08 Å². The zero-order valence-electron chi connectivity index (χ0n) is 7.26. The van der Waals surface area contributed by atoms with E-state index in [9.17, 15) is 4.79 Å². The molecular weight excluding hydrogens is 398 g/mol. The fraction of sp³-hybridized carbons (Fsp3) is 0.125. The Morgan fingerprint density at radius 1 is 1.31 bits per heavy atom. The van der Waals surface area contributed by atoms with E-state index in [1.807, 2.05) is 30.3 Å². The van der Waals surface area contributed by atoms with Gasteiger partial charge in [0, 0.05) is 0 Å². The van der Waals surface area contributed by atoms with Gasteiger partial charge in [0.2, 0.25) is 0 Å². The van der Waals surface area contributed by atoms with Crippen LogP contribution in [-0.4, -0.2) is 5.91 Å². The van der Waals surface area contributed by atoms with Crippen LogP contribution in [0.1, 0.15) is 6.92 Å². The zero-order chi connectivity index (χ0) is 9.90. The molecule has 0 saturated heterocycles. The SMILES string of the molecule is CC(=O)[NH][Hg]([Cl])([Cl])[c]1ccccc1. The Hall–Kier alpha value is 0.205. The molecule has 0 aliphatic rings. The molecule has 0 radical (unpaired) electrons. The normalized spacial score (nSPS) is 9.77. The first kappa shape index (κ1) is 11.3. The molecule has 13 heavy (non-hydrogen) atoms. The summed E-state index contributed by atoms with van der Waals surface area (Å²) in [6.45, 7) is 1.42. The molecule has 1 rings (SSSR count). The molecule has 0 atom stereocenters. The number of benzene rings is 1. The van der Waals surface area contributed by atoms with Gasteiger partial charge in [-0.3, -0.25) is 0 Å². The second-order valence-electron chi connectivity index (χ2n) is 3.03. The minimum absolute atomic E-state index is 0.165. The maximum absolute atomic E-state index is 10.8. The van der Waals surface area contributed by atoms with Crippen LogP contribution in [0.2, 0.25) is 0 Å². The van der Waals surface area contributed by atoms with Gasteiger partial charge in [0.15, 0.2) is 0 Å². The van der Waals surface area contributed by atoms with Crippen molar-refractivity contribution in [3.63, 3.8) is 0 Å². The molecule has 0 aliphatic carbocycles. The molecule has 0 aromatic heterocycles. The van der Waals surface area contributed by atoms with Crippen molar-refractivity contribution < 1.29 is 24.1 Å². The summed E-state index contributed by atoms with van der Waals surface area (Å²) in [6.07, 6.45) is 0. The summed E-state index contributed by atoms with van der Waals surface area (Å²) >= 11 is -3.82. The van der Waals surface area contributed by atoms with Crippen LogP contribution in [0.5, 0.6) is 0 Å². The van der Waals surface area contributed by atoms with Gasteiger partial charge in [-0.15, -0.1) is 0 Å². The summed E-state index contributed by atoms with van der Waals surface area (Å²) in [5.74, 6) is -0.165. The Balaban J connectivity index is 2.87. The molecule has 0 saturated carbocycles. The third kappa shape index (κ3) is 3.45. The molecule has 1 aromatic rings. The van der Waals surface area contributed by atoms with Crippen molar-refractivity contribution in [2.24, 2.45) is 0 Å². The molecule has 68 valence electrons. The molecule has 5 heteroatoms. The number of carbonyl (C=O) groups excluding carboxylic acids is 1. The predicted molar refractivity (Wildman–Crippen MR) is 51.6 cm³/mol. The first-order valence-electron chi connectivity index (χ1n) is 4.11. The van der Waals surface area contributed by atoms with E-state index >= 15 is 0 Å². The van der Waals surface area contributed by atoms with E-state index in [0.29, 0.717) is 0 Å². The standard InChI is InChI=1S/C6H5.C2H5NO.2ClH.Hg/c1-2-4-6-5-3-1;1-2(3)4;;;/h1-5H;1H3,(H2,3,4);2*1H;/q;;;;+3/p-3. The van der Waals surface area contributed by atoms with Crippen LogP contribution in [0.3, 0.4) is 0 Å². The summed E-state index contributed by atoms with van der Waals surface area (Å²) in [5.41, 5.74) is 0. The Morgan fingerprint density at radius 2 is 1.85 bits per heavy atom. The maximum atomic E-state index is 10.8. The first-order chi connectivity index (χ1) is 6.02. The second-order valence-corrected chi connectivity index (χ2v) is 30.4. The Labute approximate surface area is 89.3 Å². The van der Waals surface area contributed by atoms with E-state index in [-0.39, 0.29) is 5.91 Å². The number of hydrogen-bond donors (Lipinski definition) is 1. The molecule has 0 unspecified atom stereocenters. The van der Waals surface area contributed by atoms with Crippen LogP contribution in [0.4, 0.5) is 0 Å². The summed E-state index contributed by atoms with van der Waals surface area (Å²) in [4.78, 5) is 10.8. The Bertz CT molecular complexity index is 302. The third-order valence-corrected chi connectivity index (χ3v) is 19.1. The summed E-state index contributed by atoms with van der Waals surface area (Å²) in [7, 11) is 12.3. The van der Waals surface area contributed by atoms with Gasteiger partial charge < -0.3 is 0 Å². The molecule has 0 heterocycles.